The number of nitrogens with one attached hydrogen (secondary N) is 2. The summed E-state index contributed by atoms with van der Waals surface area (Å²) >= 11 is 0. The van der Waals surface area contributed by atoms with Crippen LogP contribution in [-0.2, 0) is 4.79 Å². The smallest absolute Gasteiger partial charge is 0.326 e. The van der Waals surface area contributed by atoms with Crippen LogP contribution >= 0.6 is 0 Å². The molecule has 0 aliphatic carbocycles. The lowest BCUT2D eigenvalue weighted by molar-refractivity contribution is -0.141. The molecule has 1 aliphatic rings. The van der Waals surface area contributed by atoms with E-state index in [0.29, 0.717) is 13.0 Å². The van der Waals surface area contributed by atoms with E-state index in [4.69, 9.17) is 5.11 Å². The van der Waals surface area contributed by atoms with Crippen molar-refractivity contribution in [3.63, 3.8) is 0 Å². The van der Waals surface area contributed by atoms with Crippen LogP contribution in [-0.4, -0.2) is 44.9 Å². The number of nitrogens with zero attached hydrogens (tertiary/aromatic N) is 1. The number of aromatic nitrogens is 2. The van der Waals surface area contributed by atoms with Gasteiger partial charge in [-0.15, -0.1) is 0 Å². The Hall–Kier alpha value is -2.38. The van der Waals surface area contributed by atoms with Crippen molar-refractivity contribution in [2.24, 2.45) is 5.92 Å². The van der Waals surface area contributed by atoms with Crippen molar-refractivity contribution in [1.29, 1.82) is 0 Å². The van der Waals surface area contributed by atoms with E-state index in [1.165, 1.54) is 4.90 Å². The SMILES string of the molecule is O=C(O)C1CCN(C(=O)c2cc(=O)[nH]c(=O)[nH]2)C1. The van der Waals surface area contributed by atoms with Crippen molar-refractivity contribution in [2.75, 3.05) is 13.1 Å². The molecule has 1 unspecified atom stereocenters. The van der Waals surface area contributed by atoms with Crippen molar-refractivity contribution in [2.45, 2.75) is 6.42 Å². The number of carbonyl (C=O) groups excluding carboxylic acids is 1. The maximum Gasteiger partial charge on any atom is 0.326 e. The number of amides is 1. The minimum absolute atomic E-state index is 0.0863. The standard InChI is InChI=1S/C10H11N3O5/c14-7-3-6(11-10(18)12-7)8(15)13-2-1-5(4-13)9(16)17/h3,5H,1-2,4H2,(H,16,17)(H2,11,12,14,18). The molecule has 0 spiro atoms. The Kier molecular flexibility index (Phi) is 3.00. The third kappa shape index (κ3) is 2.31. The van der Waals surface area contributed by atoms with Crippen LogP contribution in [0.1, 0.15) is 16.9 Å². The van der Waals surface area contributed by atoms with E-state index >= 15 is 0 Å². The number of hydrogen-bond acceptors (Lipinski definition) is 4. The number of carboxylic acid groups (broad SMARTS) is 1. The van der Waals surface area contributed by atoms with Crippen LogP contribution in [0.15, 0.2) is 15.7 Å². The van der Waals surface area contributed by atoms with E-state index in [-0.39, 0.29) is 12.2 Å². The van der Waals surface area contributed by atoms with E-state index in [9.17, 15) is 19.2 Å². The lowest BCUT2D eigenvalue weighted by Crippen LogP contribution is -2.34. The van der Waals surface area contributed by atoms with Crippen LogP contribution in [0.5, 0.6) is 0 Å². The van der Waals surface area contributed by atoms with E-state index in [1.807, 2.05) is 4.98 Å². The molecule has 1 fully saturated rings. The van der Waals surface area contributed by atoms with Gasteiger partial charge in [-0.3, -0.25) is 19.4 Å². The molecule has 1 amide bonds. The molecule has 1 aromatic rings. The highest BCUT2D eigenvalue weighted by Gasteiger charge is 2.31. The molecule has 1 aliphatic heterocycles. The molecule has 0 aromatic carbocycles. The Balaban J connectivity index is 2.20. The Morgan fingerprint density at radius 1 is 1.33 bits per heavy atom. The first-order valence-corrected chi connectivity index (χ1v) is 5.33. The molecular formula is C10H11N3O5. The second-order valence-electron chi connectivity index (χ2n) is 4.08. The number of H-pyrrole nitrogens is 2. The molecule has 0 saturated carbocycles. The highest BCUT2D eigenvalue weighted by atomic mass is 16.4. The molecule has 0 radical (unpaired) electrons. The average Bonchev–Trinajstić information content (AvgIpc) is 2.75. The minimum Gasteiger partial charge on any atom is -0.481 e. The van der Waals surface area contributed by atoms with Crippen LogP contribution in [0.25, 0.3) is 0 Å². The molecule has 3 N–H and O–H groups in total. The number of aliphatic carboxylic acids is 1. The Labute approximate surface area is 100 Å². The highest BCUT2D eigenvalue weighted by molar-refractivity contribution is 5.92. The van der Waals surface area contributed by atoms with Gasteiger partial charge in [-0.1, -0.05) is 0 Å². The molecule has 96 valence electrons. The van der Waals surface area contributed by atoms with Crippen molar-refractivity contribution in [1.82, 2.24) is 14.9 Å². The lowest BCUT2D eigenvalue weighted by atomic mass is 10.1. The Morgan fingerprint density at radius 2 is 2.06 bits per heavy atom. The van der Waals surface area contributed by atoms with Gasteiger partial charge in [0.15, 0.2) is 0 Å². The van der Waals surface area contributed by atoms with Crippen molar-refractivity contribution >= 4 is 11.9 Å². The molecule has 1 saturated heterocycles. The molecule has 2 heterocycles. The summed E-state index contributed by atoms with van der Waals surface area (Å²) in [5.41, 5.74) is -1.56. The molecular weight excluding hydrogens is 242 g/mol. The summed E-state index contributed by atoms with van der Waals surface area (Å²) in [6.07, 6.45) is 0.370. The average molecular weight is 253 g/mol. The van der Waals surface area contributed by atoms with Crippen molar-refractivity contribution in [3.05, 3.63) is 32.6 Å². The normalized spacial score (nSPS) is 18.9. The Morgan fingerprint density at radius 3 is 2.61 bits per heavy atom. The van der Waals surface area contributed by atoms with Gasteiger partial charge in [0, 0.05) is 19.2 Å². The van der Waals surface area contributed by atoms with Gasteiger partial charge in [-0.25, -0.2) is 4.79 Å². The fourth-order valence-corrected chi connectivity index (χ4v) is 1.90. The van der Waals surface area contributed by atoms with Gasteiger partial charge in [0.25, 0.3) is 11.5 Å². The minimum atomic E-state index is -0.954. The van der Waals surface area contributed by atoms with Crippen LogP contribution in [0.2, 0.25) is 0 Å². The zero-order valence-electron chi connectivity index (χ0n) is 9.30. The van der Waals surface area contributed by atoms with E-state index in [0.717, 1.165) is 6.07 Å². The van der Waals surface area contributed by atoms with Crippen LogP contribution < -0.4 is 11.2 Å². The predicted octanol–water partition coefficient (Wildman–Crippen LogP) is -1.39. The maximum atomic E-state index is 11.9. The molecule has 2 rings (SSSR count). The number of carbonyl (C=O) groups is 2. The monoisotopic (exact) mass is 253 g/mol. The molecule has 1 aromatic heterocycles. The number of hydrogen-bond donors (Lipinski definition) is 3. The topological polar surface area (TPSA) is 123 Å². The maximum absolute atomic E-state index is 11.9. The molecule has 18 heavy (non-hydrogen) atoms. The predicted molar refractivity (Wildman–Crippen MR) is 59.3 cm³/mol. The number of carboxylic acids is 1. The first-order valence-electron chi connectivity index (χ1n) is 5.33. The van der Waals surface area contributed by atoms with Crippen LogP contribution in [0.3, 0.4) is 0 Å². The fraction of sp³-hybridized carbons (Fsp3) is 0.400. The number of aromatic amines is 2. The molecule has 1 atom stereocenters. The van der Waals surface area contributed by atoms with Crippen LogP contribution in [0, 0.1) is 5.92 Å². The van der Waals surface area contributed by atoms with Gasteiger partial charge >= 0.3 is 11.7 Å². The second-order valence-corrected chi connectivity index (χ2v) is 4.08. The van der Waals surface area contributed by atoms with E-state index in [1.54, 1.807) is 0 Å². The van der Waals surface area contributed by atoms with Crippen molar-refractivity contribution < 1.29 is 14.7 Å². The van der Waals surface area contributed by atoms with Gasteiger partial charge in [0.2, 0.25) is 0 Å². The van der Waals surface area contributed by atoms with Gasteiger partial charge in [-0.2, -0.15) is 0 Å². The first kappa shape index (κ1) is 12.1. The number of rotatable bonds is 2. The fourth-order valence-electron chi connectivity index (χ4n) is 1.90. The summed E-state index contributed by atoms with van der Waals surface area (Å²) in [5.74, 6) is -2.09. The lowest BCUT2D eigenvalue weighted by Gasteiger charge is -2.14. The molecule has 8 nitrogen and oxygen atoms in total. The largest absolute Gasteiger partial charge is 0.481 e. The summed E-state index contributed by atoms with van der Waals surface area (Å²) in [6, 6.07) is 0.984. The van der Waals surface area contributed by atoms with E-state index < -0.39 is 29.0 Å². The van der Waals surface area contributed by atoms with Crippen molar-refractivity contribution in [3.8, 4) is 0 Å². The summed E-state index contributed by atoms with van der Waals surface area (Å²) in [4.78, 5) is 50.3. The van der Waals surface area contributed by atoms with Gasteiger partial charge < -0.3 is 15.0 Å². The zero-order chi connectivity index (χ0) is 13.3. The van der Waals surface area contributed by atoms with Gasteiger partial charge in [0.1, 0.15) is 5.69 Å². The highest BCUT2D eigenvalue weighted by Crippen LogP contribution is 2.17. The molecule has 0 bridgehead atoms. The summed E-state index contributed by atoms with van der Waals surface area (Å²) in [7, 11) is 0. The molecule has 8 heteroatoms. The van der Waals surface area contributed by atoms with E-state index in [2.05, 4.69) is 4.98 Å². The summed E-state index contributed by atoms with van der Waals surface area (Å²) < 4.78 is 0. The Bertz CT molecular complexity index is 574. The quantitative estimate of drug-likeness (QED) is 0.598. The zero-order valence-corrected chi connectivity index (χ0v) is 9.30. The third-order valence-electron chi connectivity index (χ3n) is 2.82. The third-order valence-corrected chi connectivity index (χ3v) is 2.82. The summed E-state index contributed by atoms with van der Waals surface area (Å²) in [6.45, 7) is 0.383. The summed E-state index contributed by atoms with van der Waals surface area (Å²) in [5, 5.41) is 8.82. The van der Waals surface area contributed by atoms with Gasteiger partial charge in [-0.05, 0) is 6.42 Å². The second kappa shape index (κ2) is 4.47. The first-order chi connectivity index (χ1) is 8.47. The van der Waals surface area contributed by atoms with Gasteiger partial charge in [0.05, 0.1) is 5.92 Å². The number of likely N-dealkylation sites (tertiary alicyclic amines) is 1. The van der Waals surface area contributed by atoms with Crippen LogP contribution in [0.4, 0.5) is 0 Å².